The highest BCUT2D eigenvalue weighted by atomic mass is 16.5. The van der Waals surface area contributed by atoms with Crippen LogP contribution < -0.4 is 10.2 Å². The fraction of sp³-hybridized carbons (Fsp3) is 0.115. The molecule has 35 heavy (non-hydrogen) atoms. The van der Waals surface area contributed by atoms with Gasteiger partial charge in [0.1, 0.15) is 0 Å². The van der Waals surface area contributed by atoms with Crippen LogP contribution in [0.5, 0.6) is 0 Å². The lowest BCUT2D eigenvalue weighted by molar-refractivity contribution is 0.0525. The number of hydrogen-bond acceptors (Lipinski definition) is 7. The predicted molar refractivity (Wildman–Crippen MR) is 126 cm³/mol. The number of fused-ring (bicyclic) bond motifs is 1. The molecule has 1 aliphatic heterocycles. The largest absolute Gasteiger partial charge is 0.465 e. The lowest BCUT2D eigenvalue weighted by Crippen LogP contribution is -2.29. The van der Waals surface area contributed by atoms with E-state index in [1.807, 2.05) is 0 Å². The number of nitrogens with one attached hydrogen (secondary N) is 1. The highest BCUT2D eigenvalue weighted by molar-refractivity contribution is 6.34. The van der Waals surface area contributed by atoms with Gasteiger partial charge in [-0.3, -0.25) is 14.4 Å². The maximum absolute atomic E-state index is 13.0. The second-order valence-corrected chi connectivity index (χ2v) is 7.50. The Morgan fingerprint density at radius 3 is 2.17 bits per heavy atom. The van der Waals surface area contributed by atoms with Crippen LogP contribution in [0.15, 0.2) is 66.7 Å². The molecule has 0 aromatic heterocycles. The van der Waals surface area contributed by atoms with E-state index in [0.29, 0.717) is 11.3 Å². The summed E-state index contributed by atoms with van der Waals surface area (Å²) in [7, 11) is 1.26. The smallest absolute Gasteiger partial charge is 0.338 e. The van der Waals surface area contributed by atoms with Crippen LogP contribution in [0.4, 0.5) is 11.4 Å². The second-order valence-electron chi connectivity index (χ2n) is 7.50. The molecule has 9 heteroatoms. The van der Waals surface area contributed by atoms with Crippen molar-refractivity contribution in [2.24, 2.45) is 0 Å². The number of benzene rings is 3. The van der Waals surface area contributed by atoms with Crippen molar-refractivity contribution in [2.75, 3.05) is 23.9 Å². The van der Waals surface area contributed by atoms with Crippen LogP contribution in [-0.2, 0) is 9.47 Å². The van der Waals surface area contributed by atoms with Gasteiger partial charge in [0.2, 0.25) is 0 Å². The van der Waals surface area contributed by atoms with Gasteiger partial charge in [-0.05, 0) is 67.6 Å². The molecule has 0 fully saturated rings. The summed E-state index contributed by atoms with van der Waals surface area (Å²) in [4.78, 5) is 63.3. The molecule has 0 bridgehead atoms. The molecule has 176 valence electrons. The maximum Gasteiger partial charge on any atom is 0.338 e. The van der Waals surface area contributed by atoms with Gasteiger partial charge in [-0.25, -0.2) is 14.5 Å². The molecule has 0 aliphatic carbocycles. The van der Waals surface area contributed by atoms with Crippen molar-refractivity contribution >= 4 is 41.0 Å². The Morgan fingerprint density at radius 1 is 0.800 bits per heavy atom. The summed E-state index contributed by atoms with van der Waals surface area (Å²) in [5.41, 5.74) is 1.62. The SMILES string of the molecule is CCOC(=O)c1ccc(N2C(=O)c3ccc(C(=O)Nc4cccc(C(=O)OC)c4)cc3C2=O)cc1. The fourth-order valence-corrected chi connectivity index (χ4v) is 3.62. The van der Waals surface area contributed by atoms with E-state index in [2.05, 4.69) is 10.1 Å². The van der Waals surface area contributed by atoms with E-state index in [0.717, 1.165) is 4.90 Å². The standard InChI is InChI=1S/C26H20N2O7/c1-3-35-26(33)15-7-10-19(11-8-15)28-23(30)20-12-9-16(14-21(20)24(28)31)22(29)27-18-6-4-5-17(13-18)25(32)34-2/h4-14H,3H2,1-2H3,(H,27,29). The number of imide groups is 1. The minimum absolute atomic E-state index is 0.0837. The zero-order chi connectivity index (χ0) is 25.1. The third-order valence-electron chi connectivity index (χ3n) is 5.33. The Balaban J connectivity index is 1.55. The molecular weight excluding hydrogens is 452 g/mol. The highest BCUT2D eigenvalue weighted by Crippen LogP contribution is 2.29. The Hall–Kier alpha value is -4.79. The molecular formula is C26H20N2O7. The monoisotopic (exact) mass is 472 g/mol. The van der Waals surface area contributed by atoms with Crippen LogP contribution in [-0.4, -0.2) is 43.4 Å². The minimum atomic E-state index is -0.587. The zero-order valence-electron chi connectivity index (χ0n) is 18.9. The third kappa shape index (κ3) is 4.51. The first-order chi connectivity index (χ1) is 16.8. The minimum Gasteiger partial charge on any atom is -0.465 e. The summed E-state index contributed by atoms with van der Waals surface area (Å²) >= 11 is 0. The summed E-state index contributed by atoms with van der Waals surface area (Å²) in [6.07, 6.45) is 0. The van der Waals surface area contributed by atoms with E-state index in [-0.39, 0.29) is 34.5 Å². The number of carbonyl (C=O) groups excluding carboxylic acids is 5. The molecule has 0 unspecified atom stereocenters. The highest BCUT2D eigenvalue weighted by Gasteiger charge is 2.37. The second kappa shape index (κ2) is 9.60. The van der Waals surface area contributed by atoms with Crippen molar-refractivity contribution in [3.63, 3.8) is 0 Å². The molecule has 0 saturated carbocycles. The van der Waals surface area contributed by atoms with Gasteiger partial charge in [0.15, 0.2) is 0 Å². The van der Waals surface area contributed by atoms with E-state index in [1.54, 1.807) is 25.1 Å². The first-order valence-electron chi connectivity index (χ1n) is 10.6. The van der Waals surface area contributed by atoms with Crippen LogP contribution in [0.3, 0.4) is 0 Å². The Morgan fingerprint density at radius 2 is 1.49 bits per heavy atom. The number of rotatable bonds is 6. The maximum atomic E-state index is 13.0. The van der Waals surface area contributed by atoms with Gasteiger partial charge in [0.25, 0.3) is 17.7 Å². The number of hydrogen-bond donors (Lipinski definition) is 1. The zero-order valence-corrected chi connectivity index (χ0v) is 18.9. The molecule has 4 rings (SSSR count). The van der Waals surface area contributed by atoms with Crippen molar-refractivity contribution < 1.29 is 33.4 Å². The van der Waals surface area contributed by atoms with Crippen molar-refractivity contribution in [3.8, 4) is 0 Å². The van der Waals surface area contributed by atoms with E-state index >= 15 is 0 Å². The quantitative estimate of drug-likeness (QED) is 0.429. The average Bonchev–Trinajstić information content (AvgIpc) is 3.13. The van der Waals surface area contributed by atoms with Gasteiger partial charge in [0.05, 0.1) is 41.7 Å². The van der Waals surface area contributed by atoms with Crippen LogP contribution >= 0.6 is 0 Å². The van der Waals surface area contributed by atoms with Crippen molar-refractivity contribution in [1.29, 1.82) is 0 Å². The van der Waals surface area contributed by atoms with E-state index in [1.165, 1.54) is 55.6 Å². The third-order valence-corrected chi connectivity index (χ3v) is 5.33. The number of methoxy groups -OCH3 is 1. The van der Waals surface area contributed by atoms with E-state index in [9.17, 15) is 24.0 Å². The fourth-order valence-electron chi connectivity index (χ4n) is 3.62. The summed E-state index contributed by atoms with van der Waals surface area (Å²) in [5.74, 6) is -2.69. The van der Waals surface area contributed by atoms with E-state index in [4.69, 9.17) is 4.74 Å². The van der Waals surface area contributed by atoms with Gasteiger partial charge in [-0.2, -0.15) is 0 Å². The number of amides is 3. The lowest BCUT2D eigenvalue weighted by Gasteiger charge is -2.14. The average molecular weight is 472 g/mol. The molecule has 0 spiro atoms. The van der Waals surface area contributed by atoms with Crippen LogP contribution in [0.25, 0.3) is 0 Å². The summed E-state index contributed by atoms with van der Waals surface area (Å²) in [5, 5.41) is 2.66. The molecule has 3 aromatic rings. The van der Waals surface area contributed by atoms with Gasteiger partial charge in [-0.15, -0.1) is 0 Å². The molecule has 9 nitrogen and oxygen atoms in total. The van der Waals surface area contributed by atoms with Crippen LogP contribution in [0.1, 0.15) is 58.7 Å². The van der Waals surface area contributed by atoms with Gasteiger partial charge in [-0.1, -0.05) is 6.07 Å². The molecule has 1 aliphatic rings. The van der Waals surface area contributed by atoms with Crippen molar-refractivity contribution in [2.45, 2.75) is 6.92 Å². The number of esters is 2. The van der Waals surface area contributed by atoms with Gasteiger partial charge < -0.3 is 14.8 Å². The molecule has 0 saturated heterocycles. The van der Waals surface area contributed by atoms with Crippen molar-refractivity contribution in [1.82, 2.24) is 0 Å². The first kappa shape index (κ1) is 23.4. The number of nitrogens with zero attached hydrogens (tertiary/aromatic N) is 1. The van der Waals surface area contributed by atoms with Crippen molar-refractivity contribution in [3.05, 3.63) is 94.5 Å². The number of carbonyl (C=O) groups is 5. The number of anilines is 2. The lowest BCUT2D eigenvalue weighted by atomic mass is 10.1. The normalized spacial score (nSPS) is 12.2. The Kier molecular flexibility index (Phi) is 6.41. The first-order valence-corrected chi connectivity index (χ1v) is 10.6. The molecule has 1 heterocycles. The molecule has 3 aromatic carbocycles. The molecule has 1 N–H and O–H groups in total. The summed E-state index contributed by atoms with van der Waals surface area (Å²) < 4.78 is 9.62. The molecule has 0 atom stereocenters. The topological polar surface area (TPSA) is 119 Å². The molecule has 0 radical (unpaired) electrons. The van der Waals surface area contributed by atoms with E-state index < -0.39 is 29.7 Å². The van der Waals surface area contributed by atoms with Gasteiger partial charge in [0, 0.05) is 11.3 Å². The van der Waals surface area contributed by atoms with Crippen LogP contribution in [0, 0.1) is 0 Å². The van der Waals surface area contributed by atoms with Crippen LogP contribution in [0.2, 0.25) is 0 Å². The predicted octanol–water partition coefficient (Wildman–Crippen LogP) is 3.70. The number of ether oxygens (including phenoxy) is 2. The Labute approximate surface area is 200 Å². The summed E-state index contributed by atoms with van der Waals surface area (Å²) in [6.45, 7) is 1.92. The Bertz CT molecular complexity index is 1360. The molecule has 3 amide bonds. The summed E-state index contributed by atoms with van der Waals surface area (Å²) in [6, 6.07) is 16.3. The van der Waals surface area contributed by atoms with Gasteiger partial charge >= 0.3 is 11.9 Å².